The number of aliphatic hydroxyl groups excluding tert-OH is 11. The molecule has 3 fully saturated rings. The van der Waals surface area contributed by atoms with Gasteiger partial charge in [0.05, 0.1) is 19.8 Å². The Labute approximate surface area is 192 Å². The third kappa shape index (κ3) is 5.09. The fraction of sp³-hybridized carbons (Fsp3) is 1.00. The molecule has 200 valence electrons. The summed E-state index contributed by atoms with van der Waals surface area (Å²) >= 11 is 0. The molecule has 0 aromatic heterocycles. The molecule has 3 aliphatic rings. The van der Waals surface area contributed by atoms with Crippen molar-refractivity contribution >= 4 is 0 Å². The minimum Gasteiger partial charge on any atom is -0.394 e. The molecule has 0 saturated carbocycles. The first-order valence-electron chi connectivity index (χ1n) is 10.6. The fourth-order valence-corrected chi connectivity index (χ4v) is 4.01. The molecule has 0 bridgehead atoms. The lowest BCUT2D eigenvalue weighted by atomic mass is 9.98. The van der Waals surface area contributed by atoms with Crippen molar-refractivity contribution < 1.29 is 79.9 Å². The summed E-state index contributed by atoms with van der Waals surface area (Å²) in [5.74, 6) is -2.36. The van der Waals surface area contributed by atoms with E-state index < -0.39 is 112 Å². The molecule has 14 atom stereocenters. The molecule has 3 saturated heterocycles. The van der Waals surface area contributed by atoms with Crippen molar-refractivity contribution in [2.75, 3.05) is 26.4 Å². The maximum absolute atomic E-state index is 10.3. The smallest absolute Gasteiger partial charge is 0.224 e. The summed E-state index contributed by atoms with van der Waals surface area (Å²) in [5, 5.41) is 109. The summed E-state index contributed by atoms with van der Waals surface area (Å²) in [6.45, 7) is -3.14. The van der Waals surface area contributed by atoms with Gasteiger partial charge in [-0.05, 0) is 0 Å². The van der Waals surface area contributed by atoms with Crippen LogP contribution in [0.25, 0.3) is 0 Å². The van der Waals surface area contributed by atoms with Crippen LogP contribution in [0.4, 0.5) is 0 Å². The van der Waals surface area contributed by atoms with Crippen LogP contribution in [0.5, 0.6) is 0 Å². The number of ether oxygens (including phenoxy) is 5. The predicted molar refractivity (Wildman–Crippen MR) is 101 cm³/mol. The lowest BCUT2D eigenvalue weighted by molar-refractivity contribution is -0.388. The summed E-state index contributed by atoms with van der Waals surface area (Å²) in [6.07, 6.45) is -21.8. The Morgan fingerprint density at radius 1 is 0.588 bits per heavy atom. The molecular formula is C18H32O16. The number of aliphatic hydroxyl groups is 11. The standard InChI is InChI=1S/C18H32O16/c19-1-5-8(22)11(25)13(27)16(31-5)30-3-7-9(23)12(26)14(28)17(32-7)34-18(4-21)15(29)10(24)6(2-20)33-18/h5-17,19-29H,1-4H2/t5?,6-,7?,8+,9-,10?,11?,12?,13?,14?,15?,16+,17-,18+/m1/s1. The minimum atomic E-state index is -2.36. The monoisotopic (exact) mass is 504 g/mol. The van der Waals surface area contributed by atoms with Gasteiger partial charge in [-0.1, -0.05) is 0 Å². The Morgan fingerprint density at radius 3 is 1.65 bits per heavy atom. The van der Waals surface area contributed by atoms with Crippen LogP contribution < -0.4 is 0 Å². The minimum absolute atomic E-state index is 0.634. The highest BCUT2D eigenvalue weighted by molar-refractivity contribution is 4.98. The SMILES string of the molecule is OCC1O[C@H](OCC2O[C@H](O[C@]3(CO)O[C@H](CO)C(O)C3O)C(O)C(O)[C@@H]2O)C(O)C(O)[C@H]1O. The molecule has 3 rings (SSSR count). The highest BCUT2D eigenvalue weighted by Gasteiger charge is 2.58. The van der Waals surface area contributed by atoms with E-state index >= 15 is 0 Å². The molecule has 8 unspecified atom stereocenters. The quantitative estimate of drug-likeness (QED) is 0.146. The Bertz CT molecular complexity index is 653. The molecule has 0 amide bonds. The molecular weight excluding hydrogens is 472 g/mol. The first kappa shape index (κ1) is 27.9. The number of hydrogen-bond donors (Lipinski definition) is 11. The van der Waals surface area contributed by atoms with Crippen molar-refractivity contribution in [3.05, 3.63) is 0 Å². The van der Waals surface area contributed by atoms with Gasteiger partial charge in [-0.3, -0.25) is 0 Å². The van der Waals surface area contributed by atoms with Crippen molar-refractivity contribution in [1.29, 1.82) is 0 Å². The van der Waals surface area contributed by atoms with Gasteiger partial charge in [0.1, 0.15) is 73.8 Å². The number of hydrogen-bond acceptors (Lipinski definition) is 16. The van der Waals surface area contributed by atoms with Crippen LogP contribution in [0.3, 0.4) is 0 Å². The van der Waals surface area contributed by atoms with Crippen LogP contribution in [-0.2, 0) is 23.7 Å². The van der Waals surface area contributed by atoms with E-state index in [4.69, 9.17) is 23.7 Å². The van der Waals surface area contributed by atoms with Crippen LogP contribution in [0.1, 0.15) is 0 Å². The van der Waals surface area contributed by atoms with Gasteiger partial charge in [-0.25, -0.2) is 0 Å². The maximum atomic E-state index is 10.3. The third-order valence-corrected chi connectivity index (χ3v) is 6.16. The van der Waals surface area contributed by atoms with E-state index in [1.165, 1.54) is 0 Å². The average molecular weight is 504 g/mol. The van der Waals surface area contributed by atoms with Gasteiger partial charge in [0.25, 0.3) is 0 Å². The second kappa shape index (κ2) is 11.2. The molecule has 0 aliphatic carbocycles. The van der Waals surface area contributed by atoms with E-state index in [1.807, 2.05) is 0 Å². The van der Waals surface area contributed by atoms with Gasteiger partial charge in [-0.15, -0.1) is 0 Å². The molecule has 16 heteroatoms. The Balaban J connectivity index is 1.69. The van der Waals surface area contributed by atoms with E-state index in [0.717, 1.165) is 0 Å². The third-order valence-electron chi connectivity index (χ3n) is 6.16. The van der Waals surface area contributed by atoms with Crippen molar-refractivity contribution in [3.63, 3.8) is 0 Å². The molecule has 11 N–H and O–H groups in total. The Kier molecular flexibility index (Phi) is 9.18. The first-order valence-corrected chi connectivity index (χ1v) is 10.6. The van der Waals surface area contributed by atoms with Crippen molar-refractivity contribution in [2.24, 2.45) is 0 Å². The zero-order valence-electron chi connectivity index (χ0n) is 17.8. The van der Waals surface area contributed by atoms with Crippen LogP contribution in [0, 0.1) is 0 Å². The fourth-order valence-electron chi connectivity index (χ4n) is 4.01. The Morgan fingerprint density at radius 2 is 1.12 bits per heavy atom. The van der Waals surface area contributed by atoms with E-state index in [2.05, 4.69) is 0 Å². The maximum Gasteiger partial charge on any atom is 0.224 e. The van der Waals surface area contributed by atoms with Crippen molar-refractivity contribution in [2.45, 2.75) is 85.5 Å². The summed E-state index contributed by atoms with van der Waals surface area (Å²) in [5.41, 5.74) is 0. The van der Waals surface area contributed by atoms with Crippen molar-refractivity contribution in [1.82, 2.24) is 0 Å². The number of rotatable bonds is 8. The summed E-state index contributed by atoms with van der Waals surface area (Å²) < 4.78 is 26.4. The van der Waals surface area contributed by atoms with Crippen LogP contribution in [-0.4, -0.2) is 168 Å². The van der Waals surface area contributed by atoms with Crippen LogP contribution >= 0.6 is 0 Å². The van der Waals surface area contributed by atoms with Crippen LogP contribution in [0.2, 0.25) is 0 Å². The Hall–Kier alpha value is -0.640. The highest BCUT2D eigenvalue weighted by atomic mass is 16.8. The zero-order valence-corrected chi connectivity index (χ0v) is 17.8. The molecule has 16 nitrogen and oxygen atoms in total. The van der Waals surface area contributed by atoms with Gasteiger partial charge in [0, 0.05) is 0 Å². The average Bonchev–Trinajstić information content (AvgIpc) is 3.08. The van der Waals surface area contributed by atoms with E-state index in [9.17, 15) is 56.2 Å². The molecule has 0 aromatic carbocycles. The summed E-state index contributed by atoms with van der Waals surface area (Å²) in [7, 11) is 0. The van der Waals surface area contributed by atoms with E-state index in [0.29, 0.717) is 0 Å². The molecule has 3 heterocycles. The largest absolute Gasteiger partial charge is 0.394 e. The lowest BCUT2D eigenvalue weighted by Crippen LogP contribution is -2.63. The summed E-state index contributed by atoms with van der Waals surface area (Å²) in [4.78, 5) is 0. The zero-order chi connectivity index (χ0) is 25.4. The van der Waals surface area contributed by atoms with Gasteiger partial charge in [-0.2, -0.15) is 0 Å². The second-order valence-electron chi connectivity index (χ2n) is 8.41. The van der Waals surface area contributed by atoms with Gasteiger partial charge in [0.2, 0.25) is 5.79 Å². The molecule has 3 aliphatic heterocycles. The molecule has 34 heavy (non-hydrogen) atoms. The van der Waals surface area contributed by atoms with Gasteiger partial charge in [0.15, 0.2) is 12.6 Å². The van der Waals surface area contributed by atoms with Crippen LogP contribution in [0.15, 0.2) is 0 Å². The van der Waals surface area contributed by atoms with E-state index in [-0.39, 0.29) is 0 Å². The summed E-state index contributed by atoms with van der Waals surface area (Å²) in [6, 6.07) is 0. The molecule has 0 spiro atoms. The van der Waals surface area contributed by atoms with E-state index in [1.54, 1.807) is 0 Å². The highest BCUT2D eigenvalue weighted by Crippen LogP contribution is 2.36. The second-order valence-corrected chi connectivity index (χ2v) is 8.41. The first-order chi connectivity index (χ1) is 16.0. The normalized spacial score (nSPS) is 52.1. The lowest BCUT2D eigenvalue weighted by Gasteiger charge is -2.44. The van der Waals surface area contributed by atoms with Crippen molar-refractivity contribution in [3.8, 4) is 0 Å². The molecule has 0 aromatic rings. The topological polar surface area (TPSA) is 269 Å². The molecule has 0 radical (unpaired) electrons. The van der Waals surface area contributed by atoms with Gasteiger partial charge < -0.3 is 79.9 Å². The van der Waals surface area contributed by atoms with Gasteiger partial charge >= 0.3 is 0 Å². The predicted octanol–water partition coefficient (Wildman–Crippen LogP) is -7.57.